The fourth-order valence-electron chi connectivity index (χ4n) is 2.14. The molecular weight excluding hydrogens is 256 g/mol. The van der Waals surface area contributed by atoms with Gasteiger partial charge in [-0.3, -0.25) is 0 Å². The number of hydrogen-bond acceptors (Lipinski definition) is 3. The van der Waals surface area contributed by atoms with Gasteiger partial charge in [-0.15, -0.1) is 11.3 Å². The van der Waals surface area contributed by atoms with E-state index in [1.807, 2.05) is 25.1 Å². The van der Waals surface area contributed by atoms with Gasteiger partial charge in [0.2, 0.25) is 0 Å². The summed E-state index contributed by atoms with van der Waals surface area (Å²) in [6.45, 7) is 4.15. The van der Waals surface area contributed by atoms with Gasteiger partial charge in [0.1, 0.15) is 5.75 Å². The Labute approximate surface area is 118 Å². The van der Waals surface area contributed by atoms with Gasteiger partial charge in [0.05, 0.1) is 13.2 Å². The molecule has 1 aromatic carbocycles. The Morgan fingerprint density at radius 1 is 1.21 bits per heavy atom. The highest BCUT2D eigenvalue weighted by atomic mass is 32.1. The molecule has 19 heavy (non-hydrogen) atoms. The molecule has 0 spiro atoms. The molecule has 0 bridgehead atoms. The lowest BCUT2D eigenvalue weighted by Gasteiger charge is -2.12. The average Bonchev–Trinajstić information content (AvgIpc) is 2.86. The van der Waals surface area contributed by atoms with Crippen LogP contribution in [0.15, 0.2) is 30.3 Å². The maximum Gasteiger partial charge on any atom is 0.121 e. The van der Waals surface area contributed by atoms with Crippen molar-refractivity contribution in [2.24, 2.45) is 0 Å². The van der Waals surface area contributed by atoms with Crippen molar-refractivity contribution in [2.45, 2.75) is 32.8 Å². The second-order valence-electron chi connectivity index (χ2n) is 4.67. The van der Waals surface area contributed by atoms with Gasteiger partial charge in [-0.25, -0.2) is 0 Å². The van der Waals surface area contributed by atoms with Crippen molar-refractivity contribution in [3.8, 4) is 5.75 Å². The summed E-state index contributed by atoms with van der Waals surface area (Å²) in [6.07, 6.45) is 1.28. The predicted octanol–water partition coefficient (Wildman–Crippen LogP) is 3.90. The zero-order valence-electron chi connectivity index (χ0n) is 11.6. The molecule has 2 aromatic rings. The number of methoxy groups -OCH3 is 1. The number of ether oxygens (including phenoxy) is 1. The normalized spacial score (nSPS) is 12.4. The predicted molar refractivity (Wildman–Crippen MR) is 80.1 cm³/mol. The van der Waals surface area contributed by atoms with Crippen molar-refractivity contribution in [3.63, 3.8) is 0 Å². The highest BCUT2D eigenvalue weighted by Gasteiger charge is 2.11. The minimum atomic E-state index is -0.451. The van der Waals surface area contributed by atoms with Crippen molar-refractivity contribution < 1.29 is 9.84 Å². The van der Waals surface area contributed by atoms with Crippen LogP contribution in [0.3, 0.4) is 0 Å². The van der Waals surface area contributed by atoms with Crippen molar-refractivity contribution >= 4 is 11.3 Å². The van der Waals surface area contributed by atoms with Crippen LogP contribution in [0.4, 0.5) is 0 Å². The van der Waals surface area contributed by atoms with Crippen molar-refractivity contribution in [3.05, 3.63) is 51.2 Å². The molecule has 0 amide bonds. The molecule has 3 heteroatoms. The summed E-state index contributed by atoms with van der Waals surface area (Å²) >= 11 is 1.78. The lowest BCUT2D eigenvalue weighted by Crippen LogP contribution is -2.01. The largest absolute Gasteiger partial charge is 0.496 e. The standard InChI is InChI=1S/C16H20O2S/c1-4-13-6-7-14(19-13)10-15(17)12-5-8-16(18-3)11(2)9-12/h5-9,15,17H,4,10H2,1-3H3. The Balaban J connectivity index is 2.10. The molecule has 1 N–H and O–H groups in total. The highest BCUT2D eigenvalue weighted by molar-refractivity contribution is 7.11. The van der Waals surface area contributed by atoms with E-state index < -0.39 is 6.10 Å². The molecular formula is C16H20O2S. The summed E-state index contributed by atoms with van der Waals surface area (Å²) in [5.41, 5.74) is 2.00. The van der Waals surface area contributed by atoms with Crippen molar-refractivity contribution in [1.82, 2.24) is 0 Å². The molecule has 2 nitrogen and oxygen atoms in total. The smallest absolute Gasteiger partial charge is 0.121 e. The van der Waals surface area contributed by atoms with Crippen molar-refractivity contribution in [2.75, 3.05) is 7.11 Å². The van der Waals surface area contributed by atoms with Crippen LogP contribution in [0.1, 0.15) is 33.9 Å². The van der Waals surface area contributed by atoms with Crippen LogP contribution in [0.5, 0.6) is 5.75 Å². The number of hydrogen-bond donors (Lipinski definition) is 1. The summed E-state index contributed by atoms with van der Waals surface area (Å²) in [6, 6.07) is 10.1. The molecule has 1 unspecified atom stereocenters. The Bertz CT molecular complexity index is 545. The molecule has 2 rings (SSSR count). The number of rotatable bonds is 5. The quantitative estimate of drug-likeness (QED) is 0.897. The zero-order chi connectivity index (χ0) is 13.8. The molecule has 1 heterocycles. The molecule has 1 atom stereocenters. The molecule has 0 aliphatic rings. The summed E-state index contributed by atoms with van der Waals surface area (Å²) in [5, 5.41) is 10.3. The summed E-state index contributed by atoms with van der Waals surface area (Å²) < 4.78 is 5.24. The third kappa shape index (κ3) is 3.37. The van der Waals surface area contributed by atoms with Crippen LogP contribution in [0, 0.1) is 6.92 Å². The van der Waals surface area contributed by atoms with Crippen LogP contribution < -0.4 is 4.74 Å². The van der Waals surface area contributed by atoms with Gasteiger partial charge >= 0.3 is 0 Å². The SMILES string of the molecule is CCc1ccc(CC(O)c2ccc(OC)c(C)c2)s1. The van der Waals surface area contributed by atoms with Gasteiger partial charge in [-0.1, -0.05) is 13.0 Å². The van der Waals surface area contributed by atoms with Crippen LogP contribution in [0.25, 0.3) is 0 Å². The Morgan fingerprint density at radius 3 is 2.53 bits per heavy atom. The fraction of sp³-hybridized carbons (Fsp3) is 0.375. The third-order valence-electron chi connectivity index (χ3n) is 3.26. The maximum absolute atomic E-state index is 10.3. The van der Waals surface area contributed by atoms with Gasteiger partial charge in [-0.05, 0) is 48.7 Å². The average molecular weight is 276 g/mol. The minimum Gasteiger partial charge on any atom is -0.496 e. The summed E-state index contributed by atoms with van der Waals surface area (Å²) in [5.74, 6) is 0.861. The number of aryl methyl sites for hydroxylation is 2. The van der Waals surface area contributed by atoms with E-state index in [1.165, 1.54) is 9.75 Å². The molecule has 0 aliphatic carbocycles. The highest BCUT2D eigenvalue weighted by Crippen LogP contribution is 2.27. The first kappa shape index (κ1) is 14.1. The van der Waals surface area contributed by atoms with Crippen LogP contribution in [-0.2, 0) is 12.8 Å². The topological polar surface area (TPSA) is 29.5 Å². The monoisotopic (exact) mass is 276 g/mol. The molecule has 0 fully saturated rings. The van der Waals surface area contributed by atoms with Crippen LogP contribution in [-0.4, -0.2) is 12.2 Å². The minimum absolute atomic E-state index is 0.451. The summed E-state index contributed by atoms with van der Waals surface area (Å²) in [4.78, 5) is 2.60. The molecule has 1 aromatic heterocycles. The van der Waals surface area contributed by atoms with Crippen molar-refractivity contribution in [1.29, 1.82) is 0 Å². The van der Waals surface area contributed by atoms with E-state index in [4.69, 9.17) is 4.74 Å². The molecule has 0 radical (unpaired) electrons. The lowest BCUT2D eigenvalue weighted by molar-refractivity contribution is 0.179. The third-order valence-corrected chi connectivity index (χ3v) is 4.52. The van der Waals surface area contributed by atoms with Crippen LogP contribution >= 0.6 is 11.3 Å². The zero-order valence-corrected chi connectivity index (χ0v) is 12.5. The van der Waals surface area contributed by atoms with E-state index in [-0.39, 0.29) is 0 Å². The molecule has 0 saturated carbocycles. The summed E-state index contributed by atoms with van der Waals surface area (Å²) in [7, 11) is 1.66. The maximum atomic E-state index is 10.3. The van der Waals surface area contributed by atoms with E-state index in [0.29, 0.717) is 6.42 Å². The van der Waals surface area contributed by atoms with Gasteiger partial charge in [0.15, 0.2) is 0 Å². The number of aliphatic hydroxyl groups is 1. The first-order valence-electron chi connectivity index (χ1n) is 6.54. The molecule has 0 aliphatic heterocycles. The van der Waals surface area contributed by atoms with E-state index >= 15 is 0 Å². The Morgan fingerprint density at radius 2 is 1.95 bits per heavy atom. The number of thiophene rings is 1. The first-order valence-corrected chi connectivity index (χ1v) is 7.36. The Kier molecular flexibility index (Phi) is 4.61. The van der Waals surface area contributed by atoms with Gasteiger partial charge in [0.25, 0.3) is 0 Å². The van der Waals surface area contributed by atoms with Gasteiger partial charge in [0, 0.05) is 16.2 Å². The fourth-order valence-corrected chi connectivity index (χ4v) is 3.13. The molecule has 0 saturated heterocycles. The molecule has 102 valence electrons. The van der Waals surface area contributed by atoms with Gasteiger partial charge < -0.3 is 9.84 Å². The number of benzene rings is 1. The van der Waals surface area contributed by atoms with Crippen LogP contribution in [0.2, 0.25) is 0 Å². The Hall–Kier alpha value is -1.32. The first-order chi connectivity index (χ1) is 9.13. The van der Waals surface area contributed by atoms with E-state index in [1.54, 1.807) is 18.4 Å². The second kappa shape index (κ2) is 6.22. The lowest BCUT2D eigenvalue weighted by atomic mass is 10.0. The number of aliphatic hydroxyl groups excluding tert-OH is 1. The van der Waals surface area contributed by atoms with E-state index in [9.17, 15) is 5.11 Å². The second-order valence-corrected chi connectivity index (χ2v) is 5.92. The van der Waals surface area contributed by atoms with E-state index in [0.717, 1.165) is 23.3 Å². The van der Waals surface area contributed by atoms with Gasteiger partial charge in [-0.2, -0.15) is 0 Å². The van der Waals surface area contributed by atoms with E-state index in [2.05, 4.69) is 19.1 Å².